The largest absolute Gasteiger partial charge is 0.444 e. The molecule has 1 fully saturated rings. The van der Waals surface area contributed by atoms with E-state index in [1.807, 2.05) is 32.9 Å². The van der Waals surface area contributed by atoms with Crippen LogP contribution in [0.5, 0.6) is 0 Å². The minimum atomic E-state index is -0.523. The molecule has 1 saturated heterocycles. The topological polar surface area (TPSA) is 97.6 Å². The van der Waals surface area contributed by atoms with E-state index in [0.717, 1.165) is 24.2 Å². The van der Waals surface area contributed by atoms with Gasteiger partial charge in [-0.3, -0.25) is 10.1 Å². The normalized spacial score (nSPS) is 17.3. The van der Waals surface area contributed by atoms with Crippen molar-refractivity contribution in [3.8, 4) is 0 Å². The number of amides is 1. The Morgan fingerprint density at radius 2 is 2.12 bits per heavy atom. The van der Waals surface area contributed by atoms with Crippen LogP contribution < -0.4 is 10.2 Å². The van der Waals surface area contributed by atoms with Gasteiger partial charge in [0.15, 0.2) is 0 Å². The van der Waals surface area contributed by atoms with Gasteiger partial charge in [0.1, 0.15) is 11.4 Å². The van der Waals surface area contributed by atoms with Gasteiger partial charge in [0.2, 0.25) is 0 Å². The molecule has 0 radical (unpaired) electrons. The van der Waals surface area contributed by atoms with Crippen molar-refractivity contribution in [3.63, 3.8) is 0 Å². The molecule has 8 heteroatoms. The average Bonchev–Trinajstić information content (AvgIpc) is 3.00. The fourth-order valence-corrected chi connectivity index (χ4v) is 2.95. The van der Waals surface area contributed by atoms with Crippen LogP contribution in [0.25, 0.3) is 10.9 Å². The summed E-state index contributed by atoms with van der Waals surface area (Å²) in [6, 6.07) is 8.31. The van der Waals surface area contributed by atoms with Crippen molar-refractivity contribution in [1.82, 2.24) is 10.3 Å². The number of hydrogen-bond acceptors (Lipinski definition) is 6. The number of fused-ring (bicyclic) bond motifs is 1. The SMILES string of the molecule is CC(C)(C)OC(=O)N[C@@H]1CCN(c2ccc3cc([N+](=O)[O-])ccc3n2)C1. The van der Waals surface area contributed by atoms with Crippen LogP contribution in [0, 0.1) is 10.1 Å². The fraction of sp³-hybridized carbons (Fsp3) is 0.444. The van der Waals surface area contributed by atoms with E-state index in [1.165, 1.54) is 12.1 Å². The number of nitro groups is 1. The second-order valence-electron chi connectivity index (χ2n) is 7.38. The van der Waals surface area contributed by atoms with E-state index in [9.17, 15) is 14.9 Å². The zero-order valence-electron chi connectivity index (χ0n) is 15.1. The summed E-state index contributed by atoms with van der Waals surface area (Å²) in [4.78, 5) is 29.0. The van der Waals surface area contributed by atoms with Gasteiger partial charge in [0, 0.05) is 30.6 Å². The first-order valence-corrected chi connectivity index (χ1v) is 8.51. The molecule has 2 aromatic rings. The number of benzene rings is 1. The number of alkyl carbamates (subject to hydrolysis) is 1. The Bertz CT molecular complexity index is 847. The minimum absolute atomic E-state index is 0.000734. The summed E-state index contributed by atoms with van der Waals surface area (Å²) in [7, 11) is 0. The first kappa shape index (κ1) is 17.9. The van der Waals surface area contributed by atoms with Crippen LogP contribution in [0.4, 0.5) is 16.3 Å². The lowest BCUT2D eigenvalue weighted by atomic mass is 10.2. The number of nitrogens with zero attached hydrogens (tertiary/aromatic N) is 3. The molecule has 0 saturated carbocycles. The maximum absolute atomic E-state index is 11.9. The number of rotatable bonds is 3. The molecule has 0 aliphatic carbocycles. The second kappa shape index (κ2) is 6.78. The summed E-state index contributed by atoms with van der Waals surface area (Å²) >= 11 is 0. The smallest absolute Gasteiger partial charge is 0.407 e. The lowest BCUT2D eigenvalue weighted by molar-refractivity contribution is -0.384. The highest BCUT2D eigenvalue weighted by Gasteiger charge is 2.27. The standard InChI is InChI=1S/C18H22N4O4/c1-18(2,3)26-17(23)19-13-8-9-21(11-13)16-7-4-12-10-14(22(24)25)5-6-15(12)20-16/h4-7,10,13H,8-9,11H2,1-3H3,(H,19,23)/t13-/m1/s1. The monoisotopic (exact) mass is 358 g/mol. The molecule has 8 nitrogen and oxygen atoms in total. The molecule has 138 valence electrons. The lowest BCUT2D eigenvalue weighted by Gasteiger charge is -2.22. The number of anilines is 1. The molecule has 0 spiro atoms. The first-order valence-electron chi connectivity index (χ1n) is 8.51. The fourth-order valence-electron chi connectivity index (χ4n) is 2.95. The first-order chi connectivity index (χ1) is 12.2. The van der Waals surface area contributed by atoms with E-state index in [0.29, 0.717) is 12.1 Å². The second-order valence-corrected chi connectivity index (χ2v) is 7.38. The highest BCUT2D eigenvalue weighted by atomic mass is 16.6. The number of pyridine rings is 1. The van der Waals surface area contributed by atoms with Crippen molar-refractivity contribution in [2.24, 2.45) is 0 Å². The summed E-state index contributed by atoms with van der Waals surface area (Å²) in [6.45, 7) is 6.90. The van der Waals surface area contributed by atoms with Crippen molar-refractivity contribution < 1.29 is 14.5 Å². The predicted octanol–water partition coefficient (Wildman–Crippen LogP) is 3.25. The Hall–Kier alpha value is -2.90. The average molecular weight is 358 g/mol. The van der Waals surface area contributed by atoms with Crippen LogP contribution in [0.15, 0.2) is 30.3 Å². The molecular formula is C18H22N4O4. The van der Waals surface area contributed by atoms with Crippen molar-refractivity contribution in [2.75, 3.05) is 18.0 Å². The van der Waals surface area contributed by atoms with Crippen LogP contribution >= 0.6 is 0 Å². The molecule has 1 aliphatic heterocycles. The number of non-ortho nitro benzene ring substituents is 1. The molecular weight excluding hydrogens is 336 g/mol. The highest BCUT2D eigenvalue weighted by molar-refractivity contribution is 5.82. The van der Waals surface area contributed by atoms with E-state index in [2.05, 4.69) is 15.2 Å². The van der Waals surface area contributed by atoms with Gasteiger partial charge in [-0.2, -0.15) is 0 Å². The van der Waals surface area contributed by atoms with E-state index < -0.39 is 16.6 Å². The van der Waals surface area contributed by atoms with Crippen molar-refractivity contribution in [3.05, 3.63) is 40.4 Å². The van der Waals surface area contributed by atoms with E-state index >= 15 is 0 Å². The van der Waals surface area contributed by atoms with E-state index in [4.69, 9.17) is 4.74 Å². The number of carbonyl (C=O) groups excluding carboxylic acids is 1. The summed E-state index contributed by atoms with van der Waals surface area (Å²) in [6.07, 6.45) is 0.391. The maximum atomic E-state index is 11.9. The number of hydrogen-bond donors (Lipinski definition) is 1. The molecule has 1 amide bonds. The summed E-state index contributed by atoms with van der Waals surface area (Å²) in [5.74, 6) is 0.792. The zero-order chi connectivity index (χ0) is 18.9. The van der Waals surface area contributed by atoms with Crippen molar-refractivity contribution in [1.29, 1.82) is 0 Å². The number of aromatic nitrogens is 1. The van der Waals surface area contributed by atoms with Gasteiger partial charge in [0.05, 0.1) is 16.5 Å². The van der Waals surface area contributed by atoms with Gasteiger partial charge in [-0.1, -0.05) is 0 Å². The number of nitrogens with one attached hydrogen (secondary N) is 1. The van der Waals surface area contributed by atoms with Crippen LogP contribution in [-0.2, 0) is 4.74 Å². The Kier molecular flexibility index (Phi) is 4.67. The van der Waals surface area contributed by atoms with Gasteiger partial charge in [-0.05, 0) is 45.4 Å². The maximum Gasteiger partial charge on any atom is 0.407 e. The predicted molar refractivity (Wildman–Crippen MR) is 98.4 cm³/mol. The molecule has 1 aromatic carbocycles. The van der Waals surface area contributed by atoms with Crippen LogP contribution in [0.1, 0.15) is 27.2 Å². The van der Waals surface area contributed by atoms with E-state index in [-0.39, 0.29) is 11.7 Å². The van der Waals surface area contributed by atoms with Crippen molar-refractivity contribution in [2.45, 2.75) is 38.8 Å². The highest BCUT2D eigenvalue weighted by Crippen LogP contribution is 2.24. The Balaban J connectivity index is 1.67. The number of nitro benzene ring substituents is 1. The van der Waals surface area contributed by atoms with Gasteiger partial charge < -0.3 is 15.0 Å². The van der Waals surface area contributed by atoms with Crippen molar-refractivity contribution >= 4 is 28.5 Å². The van der Waals surface area contributed by atoms with Crippen LogP contribution in [0.2, 0.25) is 0 Å². The number of carbonyl (C=O) groups is 1. The van der Waals surface area contributed by atoms with Gasteiger partial charge in [-0.25, -0.2) is 9.78 Å². The lowest BCUT2D eigenvalue weighted by Crippen LogP contribution is -2.40. The Labute approximate surface area is 151 Å². The van der Waals surface area contributed by atoms with Gasteiger partial charge in [-0.15, -0.1) is 0 Å². The summed E-state index contributed by atoms with van der Waals surface area (Å²) in [5, 5.41) is 14.5. The number of ether oxygens (including phenoxy) is 1. The van der Waals surface area contributed by atoms with Crippen LogP contribution in [-0.4, -0.2) is 40.7 Å². The minimum Gasteiger partial charge on any atom is -0.444 e. The van der Waals surface area contributed by atoms with E-state index in [1.54, 1.807) is 6.07 Å². The molecule has 0 bridgehead atoms. The Morgan fingerprint density at radius 3 is 2.81 bits per heavy atom. The molecule has 1 aromatic heterocycles. The van der Waals surface area contributed by atoms with Crippen LogP contribution in [0.3, 0.4) is 0 Å². The zero-order valence-corrected chi connectivity index (χ0v) is 15.1. The van der Waals surface area contributed by atoms with Gasteiger partial charge >= 0.3 is 6.09 Å². The summed E-state index contributed by atoms with van der Waals surface area (Å²) < 4.78 is 5.29. The summed E-state index contributed by atoms with van der Waals surface area (Å²) in [5.41, 5.74) is 0.233. The molecule has 3 rings (SSSR count). The Morgan fingerprint density at radius 1 is 1.35 bits per heavy atom. The third kappa shape index (κ3) is 4.19. The molecule has 2 heterocycles. The third-order valence-electron chi connectivity index (χ3n) is 4.10. The van der Waals surface area contributed by atoms with Gasteiger partial charge in [0.25, 0.3) is 5.69 Å². The molecule has 1 N–H and O–H groups in total. The molecule has 0 unspecified atom stereocenters. The third-order valence-corrected chi connectivity index (χ3v) is 4.10. The molecule has 26 heavy (non-hydrogen) atoms. The quantitative estimate of drug-likeness (QED) is 0.668. The molecule has 1 atom stereocenters. The molecule has 1 aliphatic rings.